The number of aromatic nitrogens is 2. The second-order valence-corrected chi connectivity index (χ2v) is 5.06. The molecule has 104 valence electrons. The maximum absolute atomic E-state index is 12.2. The number of hydrogen-bond acceptors (Lipinski definition) is 2. The van der Waals surface area contributed by atoms with Gasteiger partial charge in [0.05, 0.1) is 22.3 Å². The number of rotatable bonds is 5. The van der Waals surface area contributed by atoms with Crippen LogP contribution in [0.25, 0.3) is 0 Å². The highest BCUT2D eigenvalue weighted by Gasteiger charge is 2.29. The monoisotopic (exact) mass is 327 g/mol. The largest absolute Gasteiger partial charge is 0.390 e. The lowest BCUT2D eigenvalue weighted by Gasteiger charge is -2.16. The third-order valence-corrected chi connectivity index (χ3v) is 3.64. The van der Waals surface area contributed by atoms with Crippen molar-refractivity contribution in [3.63, 3.8) is 0 Å². The predicted octanol–water partition coefficient (Wildman–Crippen LogP) is 3.40. The van der Waals surface area contributed by atoms with Crippen molar-refractivity contribution in [3.05, 3.63) is 15.9 Å². The summed E-state index contributed by atoms with van der Waals surface area (Å²) in [6.07, 6.45) is -4.96. The van der Waals surface area contributed by atoms with Crippen LogP contribution in [0.4, 0.5) is 13.2 Å². The molecule has 1 atom stereocenters. The Hall–Kier alpha value is -0.560. The molecule has 0 saturated carbocycles. The van der Waals surface area contributed by atoms with Gasteiger partial charge in [-0.2, -0.15) is 18.3 Å². The Morgan fingerprint density at radius 3 is 2.56 bits per heavy atom. The summed E-state index contributed by atoms with van der Waals surface area (Å²) in [7, 11) is 0. The summed E-state index contributed by atoms with van der Waals surface area (Å²) in [6.45, 7) is 6.39. The molecule has 0 aromatic carbocycles. The lowest BCUT2D eigenvalue weighted by atomic mass is 10.2. The number of nitrogens with one attached hydrogen (secondary N) is 1. The minimum Gasteiger partial charge on any atom is -0.308 e. The predicted molar refractivity (Wildman–Crippen MR) is 67.3 cm³/mol. The van der Waals surface area contributed by atoms with Crippen molar-refractivity contribution in [2.75, 3.05) is 0 Å². The van der Waals surface area contributed by atoms with E-state index in [1.807, 2.05) is 13.8 Å². The van der Waals surface area contributed by atoms with Gasteiger partial charge in [0.25, 0.3) is 0 Å². The van der Waals surface area contributed by atoms with Crippen molar-refractivity contribution < 1.29 is 13.2 Å². The third-order valence-electron chi connectivity index (χ3n) is 2.61. The number of halogens is 4. The molecule has 3 nitrogen and oxygen atoms in total. The fourth-order valence-electron chi connectivity index (χ4n) is 1.73. The van der Waals surface area contributed by atoms with Crippen LogP contribution >= 0.6 is 15.9 Å². The topological polar surface area (TPSA) is 29.9 Å². The van der Waals surface area contributed by atoms with Gasteiger partial charge < -0.3 is 5.32 Å². The standard InChI is InChI=1S/C11H17BrF3N3/c1-4-18-9(10(12)8(3)17-18)6-16-7(2)5-11(13,14)15/h7,16H,4-6H2,1-3H3. The van der Waals surface area contributed by atoms with E-state index in [0.29, 0.717) is 13.1 Å². The second kappa shape index (κ2) is 6.06. The van der Waals surface area contributed by atoms with E-state index >= 15 is 0 Å². The van der Waals surface area contributed by atoms with Crippen LogP contribution in [0.2, 0.25) is 0 Å². The highest BCUT2D eigenvalue weighted by atomic mass is 79.9. The zero-order chi connectivity index (χ0) is 13.9. The molecule has 0 aliphatic rings. The maximum atomic E-state index is 12.2. The van der Waals surface area contributed by atoms with Crippen molar-refractivity contribution in [3.8, 4) is 0 Å². The van der Waals surface area contributed by atoms with Crippen LogP contribution in [0.5, 0.6) is 0 Å². The van der Waals surface area contributed by atoms with E-state index in [1.165, 1.54) is 6.92 Å². The molecule has 18 heavy (non-hydrogen) atoms. The van der Waals surface area contributed by atoms with Crippen molar-refractivity contribution in [1.82, 2.24) is 15.1 Å². The molecule has 0 spiro atoms. The molecule has 1 rings (SSSR count). The molecule has 7 heteroatoms. The average molecular weight is 328 g/mol. The van der Waals surface area contributed by atoms with Crippen LogP contribution in [0.3, 0.4) is 0 Å². The molecule has 1 aromatic heterocycles. The number of hydrogen-bond donors (Lipinski definition) is 1. The van der Waals surface area contributed by atoms with Crippen LogP contribution in [-0.4, -0.2) is 22.0 Å². The highest BCUT2D eigenvalue weighted by Crippen LogP contribution is 2.23. The average Bonchev–Trinajstić information content (AvgIpc) is 2.50. The smallest absolute Gasteiger partial charge is 0.308 e. The van der Waals surface area contributed by atoms with E-state index in [-0.39, 0.29) is 0 Å². The zero-order valence-electron chi connectivity index (χ0n) is 10.6. The normalized spacial score (nSPS) is 13.9. The molecular weight excluding hydrogens is 311 g/mol. The Morgan fingerprint density at radius 1 is 1.44 bits per heavy atom. The van der Waals surface area contributed by atoms with Crippen LogP contribution in [-0.2, 0) is 13.1 Å². The molecule has 0 saturated heterocycles. The van der Waals surface area contributed by atoms with Crippen LogP contribution < -0.4 is 5.32 Å². The van der Waals surface area contributed by atoms with E-state index in [9.17, 15) is 13.2 Å². The number of aryl methyl sites for hydroxylation is 2. The molecule has 0 fully saturated rings. The molecule has 1 aromatic rings. The summed E-state index contributed by atoms with van der Waals surface area (Å²) in [5, 5.41) is 7.16. The minimum atomic E-state index is -4.13. The summed E-state index contributed by atoms with van der Waals surface area (Å²) in [5.41, 5.74) is 1.72. The number of nitrogens with zero attached hydrogens (tertiary/aromatic N) is 2. The molecule has 0 aliphatic heterocycles. The Labute approximate surface area is 113 Å². The lowest BCUT2D eigenvalue weighted by Crippen LogP contribution is -2.31. The van der Waals surface area contributed by atoms with E-state index < -0.39 is 18.6 Å². The van der Waals surface area contributed by atoms with Crippen molar-refractivity contribution in [2.45, 2.75) is 52.5 Å². The quantitative estimate of drug-likeness (QED) is 0.898. The molecule has 0 amide bonds. The second-order valence-electron chi connectivity index (χ2n) is 4.26. The molecule has 0 bridgehead atoms. The minimum absolute atomic E-state index is 0.368. The highest BCUT2D eigenvalue weighted by molar-refractivity contribution is 9.10. The lowest BCUT2D eigenvalue weighted by molar-refractivity contribution is -0.139. The van der Waals surface area contributed by atoms with Gasteiger partial charge in [-0.25, -0.2) is 0 Å². The molecular formula is C11H17BrF3N3. The summed E-state index contributed by atoms with van der Waals surface area (Å²) >= 11 is 3.41. The van der Waals surface area contributed by atoms with Gasteiger partial charge in [0, 0.05) is 19.1 Å². The summed E-state index contributed by atoms with van der Waals surface area (Å²) < 4.78 is 39.2. The SMILES string of the molecule is CCn1nc(C)c(Br)c1CNC(C)CC(F)(F)F. The van der Waals surface area contributed by atoms with Gasteiger partial charge in [0.15, 0.2) is 0 Å². The van der Waals surface area contributed by atoms with Gasteiger partial charge in [-0.05, 0) is 36.7 Å². The molecule has 1 N–H and O–H groups in total. The Kier molecular flexibility index (Phi) is 5.21. The van der Waals surface area contributed by atoms with Gasteiger partial charge >= 0.3 is 6.18 Å². The summed E-state index contributed by atoms with van der Waals surface area (Å²) in [4.78, 5) is 0. The van der Waals surface area contributed by atoms with Gasteiger partial charge in [0.2, 0.25) is 0 Å². The van der Waals surface area contributed by atoms with E-state index in [0.717, 1.165) is 15.9 Å². The Morgan fingerprint density at radius 2 is 2.06 bits per heavy atom. The summed E-state index contributed by atoms with van der Waals surface area (Å²) in [6, 6.07) is -0.614. The van der Waals surface area contributed by atoms with Gasteiger partial charge in [-0.15, -0.1) is 0 Å². The van der Waals surface area contributed by atoms with Gasteiger partial charge in [0.1, 0.15) is 0 Å². The first-order valence-corrected chi connectivity index (χ1v) is 6.55. The van der Waals surface area contributed by atoms with Gasteiger partial charge in [-0.1, -0.05) is 0 Å². The Balaban J connectivity index is 2.63. The van der Waals surface area contributed by atoms with E-state index in [4.69, 9.17) is 0 Å². The first-order valence-electron chi connectivity index (χ1n) is 5.76. The first kappa shape index (κ1) is 15.5. The summed E-state index contributed by atoms with van der Waals surface area (Å²) in [5.74, 6) is 0. The maximum Gasteiger partial charge on any atom is 0.390 e. The van der Waals surface area contributed by atoms with E-state index in [1.54, 1.807) is 4.68 Å². The molecule has 1 unspecified atom stereocenters. The molecule has 0 radical (unpaired) electrons. The van der Waals surface area contributed by atoms with Crippen molar-refractivity contribution in [1.29, 1.82) is 0 Å². The Bertz CT molecular complexity index is 401. The first-order chi connectivity index (χ1) is 8.24. The fraction of sp³-hybridized carbons (Fsp3) is 0.727. The van der Waals surface area contributed by atoms with Gasteiger partial charge in [-0.3, -0.25) is 4.68 Å². The number of alkyl halides is 3. The van der Waals surface area contributed by atoms with Crippen LogP contribution in [0.1, 0.15) is 31.7 Å². The molecule has 1 heterocycles. The van der Waals surface area contributed by atoms with Crippen molar-refractivity contribution >= 4 is 15.9 Å². The van der Waals surface area contributed by atoms with E-state index in [2.05, 4.69) is 26.3 Å². The van der Waals surface area contributed by atoms with Crippen LogP contribution in [0.15, 0.2) is 4.47 Å². The van der Waals surface area contributed by atoms with Crippen molar-refractivity contribution in [2.24, 2.45) is 0 Å². The zero-order valence-corrected chi connectivity index (χ0v) is 12.2. The third kappa shape index (κ3) is 4.28. The fourth-order valence-corrected chi connectivity index (χ4v) is 2.15. The molecule has 0 aliphatic carbocycles. The van der Waals surface area contributed by atoms with Crippen LogP contribution in [0, 0.1) is 6.92 Å².